The highest BCUT2D eigenvalue weighted by Crippen LogP contribution is 2.33. The van der Waals surface area contributed by atoms with Crippen LogP contribution < -0.4 is 14.4 Å². The van der Waals surface area contributed by atoms with Crippen molar-refractivity contribution in [1.82, 2.24) is 10.2 Å². The van der Waals surface area contributed by atoms with Gasteiger partial charge in [-0.05, 0) is 37.6 Å². The molecule has 0 aromatic heterocycles. The lowest BCUT2D eigenvalue weighted by Crippen LogP contribution is -2.50. The second kappa shape index (κ2) is 10.7. The second-order valence-corrected chi connectivity index (χ2v) is 9.73. The molecule has 2 aromatic rings. The molecular formula is C22H28ClN3O5S. The largest absolute Gasteiger partial charge is 0.495 e. The van der Waals surface area contributed by atoms with Crippen molar-refractivity contribution in [3.05, 3.63) is 58.6 Å². The number of rotatable bonds is 9. The Morgan fingerprint density at radius 3 is 2.44 bits per heavy atom. The van der Waals surface area contributed by atoms with E-state index >= 15 is 0 Å². The van der Waals surface area contributed by atoms with E-state index in [1.54, 1.807) is 13.0 Å². The van der Waals surface area contributed by atoms with Gasteiger partial charge in [-0.15, -0.1) is 0 Å². The van der Waals surface area contributed by atoms with Crippen LogP contribution >= 0.6 is 11.6 Å². The van der Waals surface area contributed by atoms with Crippen molar-refractivity contribution in [3.63, 3.8) is 0 Å². The number of nitrogens with zero attached hydrogens (tertiary/aromatic N) is 2. The fourth-order valence-electron chi connectivity index (χ4n) is 3.25. The highest BCUT2D eigenvalue weighted by Gasteiger charge is 2.31. The van der Waals surface area contributed by atoms with Gasteiger partial charge in [0.1, 0.15) is 18.3 Å². The first-order valence-corrected chi connectivity index (χ1v) is 12.1. The maximum Gasteiger partial charge on any atom is 0.244 e. The van der Waals surface area contributed by atoms with Gasteiger partial charge in [0.15, 0.2) is 0 Å². The first-order valence-electron chi connectivity index (χ1n) is 9.85. The molecule has 0 radical (unpaired) electrons. The quantitative estimate of drug-likeness (QED) is 0.594. The Morgan fingerprint density at radius 1 is 1.19 bits per heavy atom. The molecule has 0 unspecified atom stereocenters. The zero-order valence-corrected chi connectivity index (χ0v) is 20.3. The van der Waals surface area contributed by atoms with E-state index in [-0.39, 0.29) is 28.9 Å². The number of methoxy groups -OCH3 is 1. The summed E-state index contributed by atoms with van der Waals surface area (Å²) in [5.74, 6) is -0.662. The van der Waals surface area contributed by atoms with E-state index in [1.165, 1.54) is 31.2 Å². The molecule has 10 heteroatoms. The van der Waals surface area contributed by atoms with Crippen molar-refractivity contribution in [2.45, 2.75) is 26.4 Å². The fourth-order valence-corrected chi connectivity index (χ4v) is 4.26. The van der Waals surface area contributed by atoms with E-state index in [9.17, 15) is 18.0 Å². The molecule has 1 N–H and O–H groups in total. The standard InChI is InChI=1S/C22H28ClN3O5S/c1-15-7-6-8-17(11-15)13-25(16(2)22(28)24-3)21(27)14-26(32(5,29)30)19-12-18(23)9-10-20(19)31-4/h6-12,16H,13-14H2,1-5H3,(H,24,28)/t16-/m0/s1. The van der Waals surface area contributed by atoms with E-state index in [2.05, 4.69) is 5.32 Å². The van der Waals surface area contributed by atoms with Crippen molar-refractivity contribution in [1.29, 1.82) is 0 Å². The van der Waals surface area contributed by atoms with Crippen LogP contribution in [0.25, 0.3) is 0 Å². The number of amides is 2. The van der Waals surface area contributed by atoms with Gasteiger partial charge in [-0.1, -0.05) is 41.4 Å². The topological polar surface area (TPSA) is 96.0 Å². The molecule has 2 amide bonds. The van der Waals surface area contributed by atoms with Crippen LogP contribution in [0.5, 0.6) is 5.75 Å². The molecule has 2 rings (SSSR count). The highest BCUT2D eigenvalue weighted by molar-refractivity contribution is 7.92. The van der Waals surface area contributed by atoms with Crippen molar-refractivity contribution in [3.8, 4) is 5.75 Å². The minimum Gasteiger partial charge on any atom is -0.495 e. The van der Waals surface area contributed by atoms with Crippen LogP contribution in [0.1, 0.15) is 18.1 Å². The van der Waals surface area contributed by atoms with Crippen LogP contribution in [0.4, 0.5) is 5.69 Å². The number of carbonyl (C=O) groups is 2. The van der Waals surface area contributed by atoms with Crippen molar-refractivity contribution in [2.75, 3.05) is 31.3 Å². The summed E-state index contributed by atoms with van der Waals surface area (Å²) in [7, 11) is -1.00. The zero-order valence-electron chi connectivity index (χ0n) is 18.8. The molecular weight excluding hydrogens is 454 g/mol. The van der Waals surface area contributed by atoms with Gasteiger partial charge < -0.3 is 15.0 Å². The lowest BCUT2D eigenvalue weighted by molar-refractivity contribution is -0.139. The second-order valence-electron chi connectivity index (χ2n) is 7.39. The average molecular weight is 482 g/mol. The lowest BCUT2D eigenvalue weighted by Gasteiger charge is -2.31. The summed E-state index contributed by atoms with van der Waals surface area (Å²) >= 11 is 6.07. The van der Waals surface area contributed by atoms with Crippen LogP contribution in [0.2, 0.25) is 5.02 Å². The molecule has 0 aliphatic carbocycles. The van der Waals surface area contributed by atoms with Crippen molar-refractivity contribution >= 4 is 39.1 Å². The molecule has 0 aliphatic rings. The number of hydrogen-bond donors (Lipinski definition) is 1. The van der Waals surface area contributed by atoms with E-state index < -0.39 is 28.5 Å². The van der Waals surface area contributed by atoms with Crippen LogP contribution in [0.3, 0.4) is 0 Å². The number of anilines is 1. The van der Waals surface area contributed by atoms with Crippen molar-refractivity contribution in [2.24, 2.45) is 0 Å². The molecule has 0 aliphatic heterocycles. The molecule has 1 atom stereocenters. The third kappa shape index (κ3) is 6.37. The number of halogens is 1. The number of nitrogens with one attached hydrogen (secondary N) is 1. The summed E-state index contributed by atoms with van der Waals surface area (Å²) in [4.78, 5) is 27.1. The maximum absolute atomic E-state index is 13.4. The van der Waals surface area contributed by atoms with Gasteiger partial charge in [0.25, 0.3) is 0 Å². The normalized spacial score (nSPS) is 12.1. The van der Waals surface area contributed by atoms with Crippen LogP contribution in [0, 0.1) is 6.92 Å². The number of sulfonamides is 1. The van der Waals surface area contributed by atoms with Gasteiger partial charge in [-0.3, -0.25) is 13.9 Å². The van der Waals surface area contributed by atoms with Crippen molar-refractivity contribution < 1.29 is 22.7 Å². The van der Waals surface area contributed by atoms with Gasteiger partial charge in [-0.2, -0.15) is 0 Å². The van der Waals surface area contributed by atoms with Crippen LogP contribution in [0.15, 0.2) is 42.5 Å². The van der Waals surface area contributed by atoms with Gasteiger partial charge in [0.2, 0.25) is 21.8 Å². The monoisotopic (exact) mass is 481 g/mol. The minimum atomic E-state index is -3.88. The molecule has 0 saturated carbocycles. The minimum absolute atomic E-state index is 0.138. The number of likely N-dealkylation sites (N-methyl/N-ethyl adjacent to an activating group) is 1. The lowest BCUT2D eigenvalue weighted by atomic mass is 10.1. The maximum atomic E-state index is 13.4. The van der Waals surface area contributed by atoms with E-state index in [0.29, 0.717) is 0 Å². The molecule has 0 saturated heterocycles. The number of aryl methyl sites for hydroxylation is 1. The Bertz CT molecular complexity index is 1090. The Balaban J connectivity index is 2.46. The Labute approximate surface area is 194 Å². The Kier molecular flexibility index (Phi) is 8.51. The van der Waals surface area contributed by atoms with Crippen LogP contribution in [-0.2, 0) is 26.2 Å². The first-order chi connectivity index (χ1) is 15.0. The van der Waals surface area contributed by atoms with E-state index in [4.69, 9.17) is 16.3 Å². The summed E-state index contributed by atoms with van der Waals surface area (Å²) in [6.45, 7) is 3.13. The molecule has 32 heavy (non-hydrogen) atoms. The average Bonchev–Trinajstić information content (AvgIpc) is 2.73. The number of hydrogen-bond acceptors (Lipinski definition) is 5. The van der Waals surface area contributed by atoms with Gasteiger partial charge in [0, 0.05) is 18.6 Å². The molecule has 0 bridgehead atoms. The summed E-state index contributed by atoms with van der Waals surface area (Å²) < 4.78 is 31.4. The van der Waals surface area contributed by atoms with Crippen LogP contribution in [-0.4, -0.2) is 58.1 Å². The van der Waals surface area contributed by atoms with E-state index in [0.717, 1.165) is 21.7 Å². The predicted octanol–water partition coefficient (Wildman–Crippen LogP) is 2.59. The van der Waals surface area contributed by atoms with E-state index in [1.807, 2.05) is 31.2 Å². The molecule has 0 spiro atoms. The highest BCUT2D eigenvalue weighted by atomic mass is 35.5. The molecule has 174 valence electrons. The Hall–Kier alpha value is -2.78. The van der Waals surface area contributed by atoms with Gasteiger partial charge >= 0.3 is 0 Å². The number of benzene rings is 2. The smallest absolute Gasteiger partial charge is 0.244 e. The Morgan fingerprint density at radius 2 is 1.88 bits per heavy atom. The third-order valence-electron chi connectivity index (χ3n) is 4.94. The molecule has 8 nitrogen and oxygen atoms in total. The number of ether oxygens (including phenoxy) is 1. The molecule has 0 fully saturated rings. The fraction of sp³-hybridized carbons (Fsp3) is 0.364. The van der Waals surface area contributed by atoms with Gasteiger partial charge in [0.05, 0.1) is 19.1 Å². The molecule has 0 heterocycles. The first kappa shape index (κ1) is 25.5. The summed E-state index contributed by atoms with van der Waals surface area (Å²) in [6.07, 6.45) is 0.994. The number of carbonyl (C=O) groups excluding carboxylic acids is 2. The third-order valence-corrected chi connectivity index (χ3v) is 6.30. The predicted molar refractivity (Wildman–Crippen MR) is 125 cm³/mol. The molecule has 2 aromatic carbocycles. The van der Waals surface area contributed by atoms with Gasteiger partial charge in [-0.25, -0.2) is 8.42 Å². The summed E-state index contributed by atoms with van der Waals surface area (Å²) in [5, 5.41) is 2.83. The summed E-state index contributed by atoms with van der Waals surface area (Å²) in [6, 6.07) is 11.2. The SMILES string of the molecule is CNC(=O)[C@H](C)N(Cc1cccc(C)c1)C(=O)CN(c1cc(Cl)ccc1OC)S(C)(=O)=O. The zero-order chi connectivity index (χ0) is 24.1. The summed E-state index contributed by atoms with van der Waals surface area (Å²) in [5.41, 5.74) is 1.96.